The minimum atomic E-state index is -1.80. The zero-order valence-corrected chi connectivity index (χ0v) is 35.3. The molecule has 0 spiro atoms. The van der Waals surface area contributed by atoms with Crippen LogP contribution in [0.4, 0.5) is 0 Å². The SMILES string of the molecule is NCCCC[C@H](NC(=O)[C@H](CO)NC(=O)[C@H](CS)NC(=O)[C@H](CO)NC(=O)[C@H](CO)NC(=O)CNC(=O)[C@H](CO)NC(=O)[C@@H](N)Cc1c[nH]c2ccccc12)C(=O)N[C@@H](CO)C(=O)O. The number of nitrogens with one attached hydrogen (secondary N) is 9. The first kappa shape index (κ1) is 54.2. The van der Waals surface area contributed by atoms with Crippen LogP contribution in [0.3, 0.4) is 0 Å². The van der Waals surface area contributed by atoms with Crippen molar-refractivity contribution in [1.29, 1.82) is 0 Å². The average molecular weight is 928 g/mol. The first-order chi connectivity index (χ1) is 30.5. The predicted octanol–water partition coefficient (Wildman–Crippen LogP) is -8.35. The molecule has 8 amide bonds. The lowest BCUT2D eigenvalue weighted by Gasteiger charge is -2.26. The Morgan fingerprint density at radius 2 is 1.05 bits per heavy atom. The number of carbonyl (C=O) groups is 9. The quantitative estimate of drug-likeness (QED) is 0.0266. The van der Waals surface area contributed by atoms with E-state index in [0.717, 1.165) is 16.5 Å². The number of aliphatic hydroxyl groups is 5. The van der Waals surface area contributed by atoms with E-state index in [0.29, 0.717) is 12.8 Å². The number of thiol groups is 1. The number of fused-ring (bicyclic) bond motifs is 1. The maximum atomic E-state index is 13.1. The smallest absolute Gasteiger partial charge is 0.328 e. The fraction of sp³-hybridized carbons (Fsp3) is 0.541. The van der Waals surface area contributed by atoms with E-state index >= 15 is 0 Å². The van der Waals surface area contributed by atoms with Gasteiger partial charge in [0.1, 0.15) is 42.3 Å². The fourth-order valence-electron chi connectivity index (χ4n) is 5.72. The van der Waals surface area contributed by atoms with Crippen molar-refractivity contribution in [3.8, 4) is 0 Å². The number of rotatable bonds is 29. The Morgan fingerprint density at radius 3 is 1.58 bits per heavy atom. The molecule has 64 heavy (non-hydrogen) atoms. The van der Waals surface area contributed by atoms with Gasteiger partial charge in [0.05, 0.1) is 45.6 Å². The minimum Gasteiger partial charge on any atom is -0.480 e. The van der Waals surface area contributed by atoms with Crippen molar-refractivity contribution >= 4 is 76.8 Å². The summed E-state index contributed by atoms with van der Waals surface area (Å²) in [5.41, 5.74) is 13.1. The molecule has 27 heteroatoms. The van der Waals surface area contributed by atoms with Gasteiger partial charge in [-0.3, -0.25) is 38.4 Å². The lowest BCUT2D eigenvalue weighted by Crippen LogP contribution is -2.61. The van der Waals surface area contributed by atoms with Crippen molar-refractivity contribution in [3.63, 3.8) is 0 Å². The van der Waals surface area contributed by atoms with Crippen LogP contribution in [0.5, 0.6) is 0 Å². The van der Waals surface area contributed by atoms with Crippen LogP contribution in [0.2, 0.25) is 0 Å². The standard InChI is InChI=1S/C37H57N11O15S/c38-8-4-3-7-22(32(57)47-27(16-53)37(62)63)43-34(59)25(14-51)46-36(61)28(17-64)48-35(60)26(15-52)45-33(58)24(13-50)42-29(54)11-41-31(56)23(12-49)44-30(55)20(39)9-18-10-40-21-6-2-1-5-19(18)21/h1-2,5-6,10,20,22-28,40,49-53,64H,3-4,7-9,11-17,38-39H2,(H,41,56)(H,42,54)(H,43,59)(H,44,55)(H,45,58)(H,46,61)(H,47,57)(H,48,60)(H,62,63)/t20-,22-,23-,24-,25-,26-,27-,28-/m0/s1. The lowest BCUT2D eigenvalue weighted by molar-refractivity contribution is -0.143. The number of carbonyl (C=O) groups excluding carboxylic acids is 8. The van der Waals surface area contributed by atoms with Crippen LogP contribution < -0.4 is 54.0 Å². The van der Waals surface area contributed by atoms with Crippen molar-refractivity contribution in [3.05, 3.63) is 36.0 Å². The number of amides is 8. The van der Waals surface area contributed by atoms with Crippen LogP contribution in [0, 0.1) is 0 Å². The van der Waals surface area contributed by atoms with Crippen molar-refractivity contribution in [2.24, 2.45) is 11.5 Å². The number of unbranched alkanes of at least 4 members (excludes halogenated alkanes) is 1. The van der Waals surface area contributed by atoms with Gasteiger partial charge in [-0.1, -0.05) is 18.2 Å². The molecular formula is C37H57N11O15S. The largest absolute Gasteiger partial charge is 0.480 e. The molecular weight excluding hydrogens is 871 g/mol. The molecule has 2 aromatic rings. The number of carboxylic acid groups (broad SMARTS) is 1. The van der Waals surface area contributed by atoms with Gasteiger partial charge in [-0.25, -0.2) is 4.79 Å². The van der Waals surface area contributed by atoms with Gasteiger partial charge < -0.3 is 89.6 Å². The minimum absolute atomic E-state index is 0.0456. The highest BCUT2D eigenvalue weighted by atomic mass is 32.1. The Hall–Kier alpha value is -5.94. The third-order valence-electron chi connectivity index (χ3n) is 9.35. The van der Waals surface area contributed by atoms with E-state index < -0.39 is 147 Å². The van der Waals surface area contributed by atoms with Gasteiger partial charge in [-0.05, 0) is 43.9 Å². The van der Waals surface area contributed by atoms with Crippen LogP contribution in [0.15, 0.2) is 30.5 Å². The molecule has 2 rings (SSSR count). The number of benzene rings is 1. The normalized spacial score (nSPS) is 14.8. The van der Waals surface area contributed by atoms with Crippen molar-refractivity contribution < 1.29 is 73.8 Å². The zero-order valence-electron chi connectivity index (χ0n) is 34.5. The van der Waals surface area contributed by atoms with Gasteiger partial charge in [0.25, 0.3) is 0 Å². The maximum Gasteiger partial charge on any atom is 0.328 e. The molecule has 0 bridgehead atoms. The van der Waals surface area contributed by atoms with Crippen LogP contribution in [0.25, 0.3) is 10.9 Å². The first-order valence-electron chi connectivity index (χ1n) is 19.8. The number of hydrogen-bond donors (Lipinski definition) is 18. The molecule has 0 aliphatic carbocycles. The predicted molar refractivity (Wildman–Crippen MR) is 226 cm³/mol. The Morgan fingerprint density at radius 1 is 0.594 bits per heavy atom. The molecule has 1 aromatic carbocycles. The van der Waals surface area contributed by atoms with E-state index in [1.54, 1.807) is 6.20 Å². The van der Waals surface area contributed by atoms with Crippen LogP contribution in [-0.2, 0) is 49.6 Å². The van der Waals surface area contributed by atoms with Gasteiger partial charge in [0.2, 0.25) is 47.3 Å². The summed E-state index contributed by atoms with van der Waals surface area (Å²) in [5, 5.41) is 75.9. The highest BCUT2D eigenvalue weighted by Gasteiger charge is 2.33. The van der Waals surface area contributed by atoms with Crippen molar-refractivity contribution in [2.75, 3.05) is 51.9 Å². The molecule has 0 saturated carbocycles. The summed E-state index contributed by atoms with van der Waals surface area (Å²) < 4.78 is 0. The van der Waals surface area contributed by atoms with Crippen LogP contribution in [-0.4, -0.2) is 189 Å². The summed E-state index contributed by atoms with van der Waals surface area (Å²) >= 11 is 4.01. The second kappa shape index (κ2) is 28.0. The van der Waals surface area contributed by atoms with Crippen molar-refractivity contribution in [2.45, 2.75) is 74.0 Å². The maximum absolute atomic E-state index is 13.1. The molecule has 0 aliphatic heterocycles. The fourth-order valence-corrected chi connectivity index (χ4v) is 5.98. The topological polar surface area (TPSA) is 439 Å². The van der Waals surface area contributed by atoms with Gasteiger partial charge in [-0.2, -0.15) is 12.6 Å². The van der Waals surface area contributed by atoms with Gasteiger partial charge in [-0.15, -0.1) is 0 Å². The van der Waals surface area contributed by atoms with E-state index in [-0.39, 0.29) is 19.4 Å². The Bertz CT molecular complexity index is 1920. The lowest BCUT2D eigenvalue weighted by atomic mass is 10.0. The molecule has 26 nitrogen and oxygen atoms in total. The number of aromatic nitrogens is 1. The van der Waals surface area contributed by atoms with Gasteiger partial charge >= 0.3 is 5.97 Å². The van der Waals surface area contributed by atoms with Crippen LogP contribution >= 0.6 is 12.6 Å². The number of H-pyrrole nitrogens is 1. The summed E-state index contributed by atoms with van der Waals surface area (Å²) in [5.74, 6) is -10.4. The monoisotopic (exact) mass is 927 g/mol. The summed E-state index contributed by atoms with van der Waals surface area (Å²) in [6.45, 7) is -5.56. The van der Waals surface area contributed by atoms with E-state index in [1.807, 2.05) is 24.3 Å². The van der Waals surface area contributed by atoms with Gasteiger partial charge in [0.15, 0.2) is 0 Å². The molecule has 1 heterocycles. The first-order valence-corrected chi connectivity index (χ1v) is 20.4. The number of hydrogen-bond acceptors (Lipinski definition) is 17. The number of para-hydroxylation sites is 1. The number of aliphatic hydroxyl groups excluding tert-OH is 5. The highest BCUT2D eigenvalue weighted by Crippen LogP contribution is 2.18. The van der Waals surface area contributed by atoms with Gasteiger partial charge in [0, 0.05) is 22.9 Å². The molecule has 1 aromatic heterocycles. The zero-order chi connectivity index (χ0) is 47.9. The molecule has 0 fully saturated rings. The number of nitrogens with two attached hydrogens (primary N) is 2. The van der Waals surface area contributed by atoms with E-state index in [4.69, 9.17) is 16.6 Å². The third-order valence-corrected chi connectivity index (χ3v) is 9.71. The van der Waals surface area contributed by atoms with E-state index in [9.17, 15) is 68.7 Å². The average Bonchev–Trinajstić information content (AvgIpc) is 3.69. The summed E-state index contributed by atoms with van der Waals surface area (Å²) in [6.07, 6.45) is 2.44. The van der Waals surface area contributed by atoms with E-state index in [2.05, 4.69) is 60.1 Å². The molecule has 356 valence electrons. The molecule has 19 N–H and O–H groups in total. The Kier molecular flexibility index (Phi) is 23.7. The summed E-state index contributed by atoms with van der Waals surface area (Å²) in [6, 6.07) is -5.29. The number of aromatic amines is 1. The summed E-state index contributed by atoms with van der Waals surface area (Å²) in [4.78, 5) is 117. The van der Waals surface area contributed by atoms with Crippen molar-refractivity contribution in [1.82, 2.24) is 47.5 Å². The number of aliphatic carboxylic acids is 1. The molecule has 0 radical (unpaired) electrons. The third kappa shape index (κ3) is 17.0. The molecule has 8 atom stereocenters. The Balaban J connectivity index is 1.95. The molecule has 0 aliphatic rings. The second-order valence-corrected chi connectivity index (χ2v) is 14.5. The second-order valence-electron chi connectivity index (χ2n) is 14.1. The Labute approximate surface area is 370 Å². The molecule has 0 saturated heterocycles. The number of carboxylic acids is 1. The van der Waals surface area contributed by atoms with Crippen LogP contribution in [0.1, 0.15) is 24.8 Å². The summed E-state index contributed by atoms with van der Waals surface area (Å²) in [7, 11) is 0. The van der Waals surface area contributed by atoms with E-state index in [1.165, 1.54) is 0 Å². The molecule has 0 unspecified atom stereocenters. The highest BCUT2D eigenvalue weighted by molar-refractivity contribution is 7.80.